The van der Waals surface area contributed by atoms with Crippen molar-refractivity contribution >= 4 is 17.3 Å². The van der Waals surface area contributed by atoms with Crippen LogP contribution in [0.3, 0.4) is 0 Å². The van der Waals surface area contributed by atoms with E-state index in [-0.39, 0.29) is 0 Å². The normalized spacial score (nSPS) is 19.6. The molecule has 0 aliphatic carbocycles. The highest BCUT2D eigenvalue weighted by Gasteiger charge is 2.23. The van der Waals surface area contributed by atoms with Crippen LogP contribution in [0.5, 0.6) is 0 Å². The van der Waals surface area contributed by atoms with Gasteiger partial charge < -0.3 is 4.90 Å². The van der Waals surface area contributed by atoms with E-state index in [0.717, 1.165) is 25.6 Å². The Balaban J connectivity index is 1.62. The summed E-state index contributed by atoms with van der Waals surface area (Å²) in [6.45, 7) is 3.16. The van der Waals surface area contributed by atoms with Gasteiger partial charge in [0.15, 0.2) is 0 Å². The number of thiazole rings is 1. The van der Waals surface area contributed by atoms with Crippen molar-refractivity contribution in [2.24, 2.45) is 0 Å². The third kappa shape index (κ3) is 3.57. The lowest BCUT2D eigenvalue weighted by atomic mass is 9.98. The van der Waals surface area contributed by atoms with Crippen LogP contribution in [0.1, 0.15) is 29.3 Å². The maximum atomic E-state index is 4.47. The van der Waals surface area contributed by atoms with Crippen molar-refractivity contribution < 1.29 is 0 Å². The number of hydrogen-bond donors (Lipinski definition) is 0. The lowest BCUT2D eigenvalue weighted by molar-refractivity contribution is 0.199. The van der Waals surface area contributed by atoms with Crippen molar-refractivity contribution in [3.63, 3.8) is 0 Å². The van der Waals surface area contributed by atoms with E-state index in [1.807, 2.05) is 37.6 Å². The number of hydrogen-bond acceptors (Lipinski definition) is 6. The number of likely N-dealkylation sites (tertiary alicyclic amines) is 1. The molecule has 3 heterocycles. The molecule has 0 aromatic carbocycles. The fraction of sp³-hybridized carbons (Fsp3) is 0.533. The molecule has 1 aliphatic heterocycles. The number of anilines is 1. The summed E-state index contributed by atoms with van der Waals surface area (Å²) in [6, 6.07) is 0. The first-order valence-corrected chi connectivity index (χ1v) is 8.20. The van der Waals surface area contributed by atoms with Crippen LogP contribution in [-0.4, -0.2) is 47.0 Å². The molecule has 21 heavy (non-hydrogen) atoms. The van der Waals surface area contributed by atoms with Gasteiger partial charge in [0.1, 0.15) is 0 Å². The molecule has 0 radical (unpaired) electrons. The van der Waals surface area contributed by atoms with Crippen molar-refractivity contribution in [2.75, 3.05) is 32.1 Å². The minimum Gasteiger partial charge on any atom is -0.347 e. The number of rotatable bonds is 4. The largest absolute Gasteiger partial charge is 0.347 e. The van der Waals surface area contributed by atoms with Gasteiger partial charge in [0, 0.05) is 62.6 Å². The van der Waals surface area contributed by atoms with Crippen molar-refractivity contribution in [2.45, 2.75) is 25.3 Å². The van der Waals surface area contributed by atoms with Crippen LogP contribution < -0.4 is 4.90 Å². The Morgan fingerprint density at radius 1 is 1.29 bits per heavy atom. The van der Waals surface area contributed by atoms with E-state index in [2.05, 4.69) is 25.2 Å². The molecular formula is C15H21N5S. The van der Waals surface area contributed by atoms with Crippen LogP contribution in [-0.2, 0) is 6.54 Å². The van der Waals surface area contributed by atoms with Gasteiger partial charge in [-0.1, -0.05) is 0 Å². The van der Waals surface area contributed by atoms with Gasteiger partial charge >= 0.3 is 0 Å². The van der Waals surface area contributed by atoms with E-state index < -0.39 is 0 Å². The quantitative estimate of drug-likeness (QED) is 0.868. The third-order valence-corrected chi connectivity index (χ3v) is 4.74. The van der Waals surface area contributed by atoms with Gasteiger partial charge in [0.2, 0.25) is 5.95 Å². The molecule has 0 bridgehead atoms. The Labute approximate surface area is 129 Å². The summed E-state index contributed by atoms with van der Waals surface area (Å²) in [5, 5.41) is 3.35. The summed E-state index contributed by atoms with van der Waals surface area (Å²) in [7, 11) is 3.91. The van der Waals surface area contributed by atoms with E-state index in [4.69, 9.17) is 0 Å². The molecule has 1 unspecified atom stereocenters. The summed E-state index contributed by atoms with van der Waals surface area (Å²) in [5.74, 6) is 1.35. The highest BCUT2D eigenvalue weighted by atomic mass is 32.1. The molecule has 0 saturated carbocycles. The van der Waals surface area contributed by atoms with Crippen LogP contribution in [0.25, 0.3) is 0 Å². The third-order valence-electron chi connectivity index (χ3n) is 3.80. The second kappa shape index (κ2) is 6.49. The predicted octanol–water partition coefficient (Wildman–Crippen LogP) is 2.38. The molecule has 5 nitrogen and oxygen atoms in total. The lowest BCUT2D eigenvalue weighted by Crippen LogP contribution is -2.33. The van der Waals surface area contributed by atoms with Gasteiger partial charge in [-0.3, -0.25) is 4.90 Å². The van der Waals surface area contributed by atoms with Crippen LogP contribution in [0, 0.1) is 0 Å². The zero-order valence-corrected chi connectivity index (χ0v) is 13.4. The molecule has 3 rings (SSSR count). The van der Waals surface area contributed by atoms with Crippen LogP contribution in [0.15, 0.2) is 24.0 Å². The van der Waals surface area contributed by atoms with E-state index >= 15 is 0 Å². The minimum atomic E-state index is 0.584. The van der Waals surface area contributed by atoms with E-state index in [0.29, 0.717) is 5.92 Å². The van der Waals surface area contributed by atoms with Crippen LogP contribution >= 0.6 is 11.3 Å². The maximum Gasteiger partial charge on any atom is 0.224 e. The summed E-state index contributed by atoms with van der Waals surface area (Å²) in [5.41, 5.74) is 1.18. The summed E-state index contributed by atoms with van der Waals surface area (Å²) >= 11 is 1.77. The molecule has 2 aromatic rings. The first kappa shape index (κ1) is 14.4. The Bertz CT molecular complexity index is 552. The number of nitrogens with zero attached hydrogens (tertiary/aromatic N) is 5. The minimum absolute atomic E-state index is 0.584. The standard InChI is InChI=1S/C15H21N5S/c1-19(2)15-17-8-12(9-18-15)10-20-6-3-4-13(11-20)14-16-5-7-21-14/h5,7-9,13H,3-4,6,10-11H2,1-2H3. The second-order valence-electron chi connectivity index (χ2n) is 5.73. The molecule has 1 atom stereocenters. The molecule has 0 N–H and O–H groups in total. The lowest BCUT2D eigenvalue weighted by Gasteiger charge is -2.31. The molecule has 6 heteroatoms. The first-order valence-electron chi connectivity index (χ1n) is 7.32. The Kier molecular flexibility index (Phi) is 4.45. The maximum absolute atomic E-state index is 4.47. The van der Waals surface area contributed by atoms with E-state index in [1.165, 1.54) is 23.4 Å². The summed E-state index contributed by atoms with van der Waals surface area (Å²) < 4.78 is 0. The van der Waals surface area contributed by atoms with E-state index in [1.54, 1.807) is 11.3 Å². The number of aromatic nitrogens is 3. The number of piperidine rings is 1. The molecule has 1 aliphatic rings. The summed E-state index contributed by atoms with van der Waals surface area (Å²) in [6.07, 6.45) is 8.28. The van der Waals surface area contributed by atoms with Crippen LogP contribution in [0.2, 0.25) is 0 Å². The smallest absolute Gasteiger partial charge is 0.224 e. The fourth-order valence-corrected chi connectivity index (χ4v) is 3.52. The van der Waals surface area contributed by atoms with Crippen molar-refractivity contribution in [1.29, 1.82) is 0 Å². The van der Waals surface area contributed by atoms with Crippen LogP contribution in [0.4, 0.5) is 5.95 Å². The van der Waals surface area contributed by atoms with Gasteiger partial charge in [-0.15, -0.1) is 11.3 Å². The zero-order valence-electron chi connectivity index (χ0n) is 12.6. The Morgan fingerprint density at radius 2 is 2.10 bits per heavy atom. The van der Waals surface area contributed by atoms with Crippen molar-refractivity contribution in [1.82, 2.24) is 19.9 Å². The van der Waals surface area contributed by atoms with Crippen molar-refractivity contribution in [3.05, 3.63) is 34.5 Å². The highest BCUT2D eigenvalue weighted by Crippen LogP contribution is 2.28. The SMILES string of the molecule is CN(C)c1ncc(CN2CCCC(c3nccs3)C2)cn1. The molecule has 0 amide bonds. The van der Waals surface area contributed by atoms with E-state index in [9.17, 15) is 0 Å². The highest BCUT2D eigenvalue weighted by molar-refractivity contribution is 7.09. The van der Waals surface area contributed by atoms with Gasteiger partial charge in [-0.2, -0.15) is 0 Å². The fourth-order valence-electron chi connectivity index (χ4n) is 2.76. The van der Waals surface area contributed by atoms with Crippen molar-refractivity contribution in [3.8, 4) is 0 Å². The van der Waals surface area contributed by atoms with Gasteiger partial charge in [0.05, 0.1) is 5.01 Å². The Morgan fingerprint density at radius 3 is 2.76 bits per heavy atom. The molecule has 112 valence electrons. The summed E-state index contributed by atoms with van der Waals surface area (Å²) in [4.78, 5) is 17.7. The molecule has 1 saturated heterocycles. The average Bonchev–Trinajstić information content (AvgIpc) is 3.02. The van der Waals surface area contributed by atoms with Gasteiger partial charge in [0.25, 0.3) is 0 Å². The second-order valence-corrected chi connectivity index (χ2v) is 6.66. The topological polar surface area (TPSA) is 45.2 Å². The zero-order chi connectivity index (χ0) is 14.7. The molecule has 0 spiro atoms. The first-order chi connectivity index (χ1) is 10.2. The predicted molar refractivity (Wildman–Crippen MR) is 85.7 cm³/mol. The van der Waals surface area contributed by atoms with Gasteiger partial charge in [-0.25, -0.2) is 15.0 Å². The average molecular weight is 303 g/mol. The Hall–Kier alpha value is -1.53. The molecule has 1 fully saturated rings. The molecule has 2 aromatic heterocycles. The van der Waals surface area contributed by atoms with Gasteiger partial charge in [-0.05, 0) is 19.4 Å². The molecular weight excluding hydrogens is 282 g/mol. The monoisotopic (exact) mass is 303 g/mol.